The average molecular weight is 364 g/mol. The molecule has 4 aromatic heterocycles. The van der Waals surface area contributed by atoms with E-state index in [9.17, 15) is 9.50 Å². The molecule has 4 heterocycles. The highest BCUT2D eigenvalue weighted by Gasteiger charge is 2.11. The number of aryl methyl sites for hydroxylation is 1. The van der Waals surface area contributed by atoms with Gasteiger partial charge in [-0.05, 0) is 31.0 Å². The summed E-state index contributed by atoms with van der Waals surface area (Å²) in [5.74, 6) is 0.333. The zero-order chi connectivity index (χ0) is 18.8. The molecule has 0 aliphatic rings. The van der Waals surface area contributed by atoms with Crippen LogP contribution < -0.4 is 5.32 Å². The summed E-state index contributed by atoms with van der Waals surface area (Å²) < 4.78 is 15.3. The summed E-state index contributed by atoms with van der Waals surface area (Å²) in [5, 5.41) is 17.2. The van der Waals surface area contributed by atoms with Crippen LogP contribution in [0, 0.1) is 12.7 Å². The van der Waals surface area contributed by atoms with Crippen LogP contribution >= 0.6 is 0 Å². The van der Waals surface area contributed by atoms with Gasteiger partial charge in [0.1, 0.15) is 11.6 Å². The fourth-order valence-corrected chi connectivity index (χ4v) is 2.85. The SMILES string of the molecule is Cc1cnn2c(NCCc3ccnc(O)c3)cc(-c3cncc(F)c3)nc12. The fourth-order valence-electron chi connectivity index (χ4n) is 2.85. The number of rotatable bonds is 5. The van der Waals surface area contributed by atoms with Gasteiger partial charge in [-0.3, -0.25) is 4.98 Å². The monoisotopic (exact) mass is 364 g/mol. The topological polar surface area (TPSA) is 88.2 Å². The second kappa shape index (κ2) is 6.99. The molecule has 0 saturated carbocycles. The van der Waals surface area contributed by atoms with Crippen molar-refractivity contribution in [3.8, 4) is 17.1 Å². The lowest BCUT2D eigenvalue weighted by Gasteiger charge is -2.11. The van der Waals surface area contributed by atoms with Crippen LogP contribution in [0.4, 0.5) is 10.2 Å². The molecule has 136 valence electrons. The third kappa shape index (κ3) is 3.55. The molecular formula is C19H17FN6O. The Labute approximate surface area is 154 Å². The molecule has 27 heavy (non-hydrogen) atoms. The van der Waals surface area contributed by atoms with E-state index in [0.717, 1.165) is 23.1 Å². The summed E-state index contributed by atoms with van der Waals surface area (Å²) in [4.78, 5) is 12.3. The van der Waals surface area contributed by atoms with Crippen molar-refractivity contribution in [3.63, 3.8) is 0 Å². The van der Waals surface area contributed by atoms with Crippen LogP contribution in [-0.2, 0) is 6.42 Å². The third-order valence-corrected chi connectivity index (χ3v) is 4.18. The summed E-state index contributed by atoms with van der Waals surface area (Å²) in [6.45, 7) is 2.54. The standard InChI is InChI=1S/C19H17FN6O/c1-12-9-24-26-17(22-4-2-13-3-5-23-18(27)6-13)8-16(25-19(12)26)14-7-15(20)11-21-10-14/h3,5-11,22H,2,4H2,1H3,(H,23,27). The third-order valence-electron chi connectivity index (χ3n) is 4.18. The van der Waals surface area contributed by atoms with Crippen molar-refractivity contribution < 1.29 is 9.50 Å². The van der Waals surface area contributed by atoms with Gasteiger partial charge in [0.2, 0.25) is 5.88 Å². The Balaban J connectivity index is 1.64. The number of aromatic hydroxyl groups is 1. The molecule has 0 aliphatic carbocycles. The predicted molar refractivity (Wildman–Crippen MR) is 99.0 cm³/mol. The van der Waals surface area contributed by atoms with Crippen LogP contribution in [0.3, 0.4) is 0 Å². The maximum Gasteiger partial charge on any atom is 0.210 e. The van der Waals surface area contributed by atoms with E-state index in [1.165, 1.54) is 6.07 Å². The minimum absolute atomic E-state index is 0.00222. The minimum Gasteiger partial charge on any atom is -0.493 e. The van der Waals surface area contributed by atoms with Crippen molar-refractivity contribution in [1.82, 2.24) is 24.6 Å². The molecule has 0 spiro atoms. The number of hydrogen-bond donors (Lipinski definition) is 2. The molecule has 0 aromatic carbocycles. The summed E-state index contributed by atoms with van der Waals surface area (Å²) >= 11 is 0. The maximum atomic E-state index is 13.6. The summed E-state index contributed by atoms with van der Waals surface area (Å²) in [6.07, 6.45) is 6.74. The Kier molecular flexibility index (Phi) is 4.37. The van der Waals surface area contributed by atoms with Crippen molar-refractivity contribution in [1.29, 1.82) is 0 Å². The molecule has 0 unspecified atom stereocenters. The second-order valence-electron chi connectivity index (χ2n) is 6.18. The number of halogens is 1. The van der Waals surface area contributed by atoms with Gasteiger partial charge in [-0.15, -0.1) is 0 Å². The normalized spacial score (nSPS) is 11.0. The van der Waals surface area contributed by atoms with E-state index in [0.29, 0.717) is 29.9 Å². The molecule has 0 radical (unpaired) electrons. The molecule has 4 aromatic rings. The molecule has 0 saturated heterocycles. The van der Waals surface area contributed by atoms with Gasteiger partial charge in [0.05, 0.1) is 18.1 Å². The van der Waals surface area contributed by atoms with Crippen molar-refractivity contribution in [2.75, 3.05) is 11.9 Å². The molecule has 0 amide bonds. The largest absolute Gasteiger partial charge is 0.493 e. The number of anilines is 1. The lowest BCUT2D eigenvalue weighted by Crippen LogP contribution is -2.10. The van der Waals surface area contributed by atoms with E-state index in [2.05, 4.69) is 25.4 Å². The van der Waals surface area contributed by atoms with Crippen LogP contribution in [-0.4, -0.2) is 36.2 Å². The number of nitrogens with one attached hydrogen (secondary N) is 1. The van der Waals surface area contributed by atoms with E-state index in [-0.39, 0.29) is 5.88 Å². The summed E-state index contributed by atoms with van der Waals surface area (Å²) in [7, 11) is 0. The van der Waals surface area contributed by atoms with Crippen molar-refractivity contribution in [2.45, 2.75) is 13.3 Å². The van der Waals surface area contributed by atoms with Crippen LogP contribution in [0.5, 0.6) is 5.88 Å². The first-order chi connectivity index (χ1) is 13.1. The van der Waals surface area contributed by atoms with E-state index in [1.54, 1.807) is 29.2 Å². The number of fused-ring (bicyclic) bond motifs is 1. The zero-order valence-electron chi connectivity index (χ0n) is 14.6. The highest BCUT2D eigenvalue weighted by Crippen LogP contribution is 2.23. The minimum atomic E-state index is -0.411. The van der Waals surface area contributed by atoms with Gasteiger partial charge >= 0.3 is 0 Å². The van der Waals surface area contributed by atoms with Gasteiger partial charge in [-0.25, -0.2) is 14.4 Å². The molecule has 0 bridgehead atoms. The smallest absolute Gasteiger partial charge is 0.210 e. The van der Waals surface area contributed by atoms with Gasteiger partial charge < -0.3 is 10.4 Å². The van der Waals surface area contributed by atoms with Gasteiger partial charge in [0, 0.05) is 42.2 Å². The molecule has 8 heteroatoms. The Hall–Kier alpha value is -3.55. The van der Waals surface area contributed by atoms with E-state index in [1.807, 2.05) is 19.1 Å². The van der Waals surface area contributed by atoms with Gasteiger partial charge in [0.15, 0.2) is 5.65 Å². The molecule has 0 aliphatic heterocycles. The number of nitrogens with zero attached hydrogens (tertiary/aromatic N) is 5. The Morgan fingerprint density at radius 1 is 1.19 bits per heavy atom. The Bertz CT molecular complexity index is 1110. The van der Waals surface area contributed by atoms with Gasteiger partial charge in [-0.1, -0.05) is 0 Å². The highest BCUT2D eigenvalue weighted by atomic mass is 19.1. The maximum absolute atomic E-state index is 13.6. The number of hydrogen-bond acceptors (Lipinski definition) is 6. The molecule has 7 nitrogen and oxygen atoms in total. The average Bonchev–Trinajstić information content (AvgIpc) is 3.03. The van der Waals surface area contributed by atoms with E-state index in [4.69, 9.17) is 0 Å². The van der Waals surface area contributed by atoms with Crippen LogP contribution in [0.25, 0.3) is 16.9 Å². The second-order valence-corrected chi connectivity index (χ2v) is 6.18. The van der Waals surface area contributed by atoms with Crippen molar-refractivity contribution >= 4 is 11.5 Å². The zero-order valence-corrected chi connectivity index (χ0v) is 14.6. The molecule has 0 atom stereocenters. The quantitative estimate of drug-likeness (QED) is 0.566. The molecule has 2 N–H and O–H groups in total. The summed E-state index contributed by atoms with van der Waals surface area (Å²) in [5.41, 5.74) is 3.79. The van der Waals surface area contributed by atoms with E-state index >= 15 is 0 Å². The molecular weight excluding hydrogens is 347 g/mol. The lowest BCUT2D eigenvalue weighted by molar-refractivity contribution is 0.452. The first-order valence-corrected chi connectivity index (χ1v) is 8.44. The fraction of sp³-hybridized carbons (Fsp3) is 0.158. The summed E-state index contributed by atoms with van der Waals surface area (Å²) in [6, 6.07) is 6.71. The molecule has 4 rings (SSSR count). The Morgan fingerprint density at radius 3 is 2.89 bits per heavy atom. The van der Waals surface area contributed by atoms with E-state index < -0.39 is 5.82 Å². The van der Waals surface area contributed by atoms with Crippen LogP contribution in [0.15, 0.2) is 49.1 Å². The first kappa shape index (κ1) is 16.9. The van der Waals surface area contributed by atoms with Crippen LogP contribution in [0.2, 0.25) is 0 Å². The Morgan fingerprint density at radius 2 is 2.07 bits per heavy atom. The first-order valence-electron chi connectivity index (χ1n) is 8.44. The lowest BCUT2D eigenvalue weighted by atomic mass is 10.2. The van der Waals surface area contributed by atoms with Gasteiger partial charge in [0.25, 0.3) is 0 Å². The van der Waals surface area contributed by atoms with Crippen molar-refractivity contribution in [3.05, 3.63) is 66.0 Å². The van der Waals surface area contributed by atoms with Crippen LogP contribution in [0.1, 0.15) is 11.1 Å². The number of pyridine rings is 2. The molecule has 0 fully saturated rings. The highest BCUT2D eigenvalue weighted by molar-refractivity contribution is 5.67. The predicted octanol–water partition coefficient (Wildman–Crippen LogP) is 2.99. The van der Waals surface area contributed by atoms with Gasteiger partial charge in [-0.2, -0.15) is 9.61 Å². The number of aromatic nitrogens is 5. The van der Waals surface area contributed by atoms with Crippen molar-refractivity contribution in [2.24, 2.45) is 0 Å².